The van der Waals surface area contributed by atoms with E-state index in [9.17, 15) is 13.2 Å². The normalized spacial score (nSPS) is 11.6. The van der Waals surface area contributed by atoms with E-state index in [2.05, 4.69) is 35.5 Å². The second-order valence-corrected chi connectivity index (χ2v) is 6.90. The van der Waals surface area contributed by atoms with E-state index in [-0.39, 0.29) is 0 Å². The van der Waals surface area contributed by atoms with Gasteiger partial charge in [-0.2, -0.15) is 13.2 Å². The largest absolute Gasteiger partial charge is 0.416 e. The van der Waals surface area contributed by atoms with E-state index in [0.29, 0.717) is 39.8 Å². The number of nitrogens with zero attached hydrogens (tertiary/aromatic N) is 5. The Morgan fingerprint density at radius 3 is 2.44 bits per heavy atom. The molecule has 0 bridgehead atoms. The summed E-state index contributed by atoms with van der Waals surface area (Å²) >= 11 is 0. The van der Waals surface area contributed by atoms with E-state index >= 15 is 0 Å². The Morgan fingerprint density at radius 1 is 0.844 bits per heavy atom. The second kappa shape index (κ2) is 7.73. The third kappa shape index (κ3) is 3.97. The number of aromatic amines is 1. The zero-order valence-electron chi connectivity index (χ0n) is 16.3. The molecule has 0 amide bonds. The highest BCUT2D eigenvalue weighted by atomic mass is 19.4. The lowest BCUT2D eigenvalue weighted by Gasteiger charge is -2.07. The molecule has 0 fully saturated rings. The maximum atomic E-state index is 13.0. The highest BCUT2D eigenvalue weighted by molar-refractivity contribution is 5.81. The summed E-state index contributed by atoms with van der Waals surface area (Å²) in [6.07, 6.45) is -1.15. The summed E-state index contributed by atoms with van der Waals surface area (Å²) < 4.78 is 38.9. The lowest BCUT2D eigenvalue weighted by atomic mass is 10.2. The van der Waals surface area contributed by atoms with E-state index in [1.54, 1.807) is 30.6 Å². The van der Waals surface area contributed by atoms with E-state index < -0.39 is 11.7 Å². The zero-order chi connectivity index (χ0) is 22.1. The monoisotopic (exact) mass is 433 g/mol. The summed E-state index contributed by atoms with van der Waals surface area (Å²) in [6.45, 7) is 0. The van der Waals surface area contributed by atoms with Crippen LogP contribution in [0.25, 0.3) is 33.9 Å². The number of imidazole rings is 1. The molecule has 3 heterocycles. The van der Waals surface area contributed by atoms with E-state index in [1.807, 2.05) is 24.3 Å². The lowest BCUT2D eigenvalue weighted by molar-refractivity contribution is -0.137. The Bertz CT molecular complexity index is 1380. The van der Waals surface area contributed by atoms with Crippen molar-refractivity contribution < 1.29 is 13.2 Å². The first-order valence-electron chi connectivity index (χ1n) is 9.51. The van der Waals surface area contributed by atoms with Crippen molar-refractivity contribution in [2.24, 2.45) is 0 Å². The van der Waals surface area contributed by atoms with Crippen molar-refractivity contribution >= 4 is 22.5 Å². The highest BCUT2D eigenvalue weighted by Crippen LogP contribution is 2.32. The van der Waals surface area contributed by atoms with Gasteiger partial charge < -0.3 is 10.3 Å². The molecule has 5 aromatic rings. The molecule has 5 rings (SSSR count). The van der Waals surface area contributed by atoms with Crippen LogP contribution in [0.2, 0.25) is 0 Å². The van der Waals surface area contributed by atoms with Crippen molar-refractivity contribution in [1.29, 1.82) is 0 Å². The van der Waals surface area contributed by atoms with E-state index in [1.165, 1.54) is 6.07 Å². The number of alkyl halides is 3. The SMILES string of the molecule is FC(F)(F)c1ccc2nc(-c3cccc(Nc4ccc(-c5ncccn5)nn4)c3)[nH]c2c1. The van der Waals surface area contributed by atoms with Gasteiger partial charge >= 0.3 is 6.18 Å². The molecule has 0 radical (unpaired) electrons. The Kier molecular flexibility index (Phi) is 4.74. The van der Waals surface area contributed by atoms with Gasteiger partial charge in [0.25, 0.3) is 0 Å². The smallest absolute Gasteiger partial charge is 0.339 e. The minimum absolute atomic E-state index is 0.317. The minimum Gasteiger partial charge on any atom is -0.339 e. The van der Waals surface area contributed by atoms with Crippen LogP contribution in [0.1, 0.15) is 5.56 Å². The standard InChI is InChI=1S/C22H14F3N7/c23-22(24,25)14-5-6-16-18(12-14)30-20(29-16)13-3-1-4-15(11-13)28-19-8-7-17(31-32-19)21-26-9-2-10-27-21/h1-12H,(H,28,32)(H,29,30). The van der Waals surface area contributed by atoms with Gasteiger partial charge in [0.15, 0.2) is 11.6 Å². The van der Waals surface area contributed by atoms with Gasteiger partial charge in [-0.25, -0.2) is 15.0 Å². The van der Waals surface area contributed by atoms with Gasteiger partial charge in [0.05, 0.1) is 16.6 Å². The number of anilines is 2. The molecule has 0 aliphatic rings. The van der Waals surface area contributed by atoms with Crippen LogP contribution in [0.3, 0.4) is 0 Å². The minimum atomic E-state index is -4.41. The lowest BCUT2D eigenvalue weighted by Crippen LogP contribution is -2.04. The Balaban J connectivity index is 1.39. The molecule has 0 unspecified atom stereocenters. The van der Waals surface area contributed by atoms with Gasteiger partial charge in [-0.1, -0.05) is 12.1 Å². The number of fused-ring (bicyclic) bond motifs is 1. The number of hydrogen-bond donors (Lipinski definition) is 2. The summed E-state index contributed by atoms with van der Waals surface area (Å²) in [5.41, 5.74) is 2.02. The number of benzene rings is 2. The van der Waals surface area contributed by atoms with Gasteiger partial charge in [-0.3, -0.25) is 0 Å². The molecule has 10 heteroatoms. The van der Waals surface area contributed by atoms with E-state index in [4.69, 9.17) is 0 Å². The predicted molar refractivity (Wildman–Crippen MR) is 113 cm³/mol. The molecule has 0 aliphatic heterocycles. The van der Waals surface area contributed by atoms with Gasteiger partial charge in [0.1, 0.15) is 11.5 Å². The van der Waals surface area contributed by atoms with Crippen LogP contribution in [-0.2, 0) is 6.18 Å². The maximum Gasteiger partial charge on any atom is 0.416 e. The van der Waals surface area contributed by atoms with Crippen molar-refractivity contribution in [3.8, 4) is 22.9 Å². The highest BCUT2D eigenvalue weighted by Gasteiger charge is 2.30. The third-order valence-corrected chi connectivity index (χ3v) is 4.68. The summed E-state index contributed by atoms with van der Waals surface area (Å²) in [7, 11) is 0. The molecule has 2 aromatic carbocycles. The van der Waals surface area contributed by atoms with Gasteiger partial charge in [-0.05, 0) is 48.5 Å². The summed E-state index contributed by atoms with van der Waals surface area (Å²) in [6, 6.07) is 15.9. The molecule has 0 saturated heterocycles. The van der Waals surface area contributed by atoms with Crippen molar-refractivity contribution in [3.05, 3.63) is 78.6 Å². The first-order chi connectivity index (χ1) is 15.5. The van der Waals surface area contributed by atoms with Crippen molar-refractivity contribution in [3.63, 3.8) is 0 Å². The molecule has 7 nitrogen and oxygen atoms in total. The molecular weight excluding hydrogens is 419 g/mol. The Labute approximate surface area is 179 Å². The van der Waals surface area contributed by atoms with Gasteiger partial charge in [-0.15, -0.1) is 10.2 Å². The zero-order valence-corrected chi connectivity index (χ0v) is 16.3. The van der Waals surface area contributed by atoms with Crippen molar-refractivity contribution in [2.75, 3.05) is 5.32 Å². The first-order valence-corrected chi connectivity index (χ1v) is 9.51. The predicted octanol–water partition coefficient (Wildman–Crippen LogP) is 5.24. The Morgan fingerprint density at radius 2 is 1.69 bits per heavy atom. The number of H-pyrrole nitrogens is 1. The summed E-state index contributed by atoms with van der Waals surface area (Å²) in [4.78, 5) is 15.6. The fourth-order valence-corrected chi connectivity index (χ4v) is 3.16. The Hall–Kier alpha value is -4.34. The number of hydrogen-bond acceptors (Lipinski definition) is 6. The third-order valence-electron chi connectivity index (χ3n) is 4.68. The fraction of sp³-hybridized carbons (Fsp3) is 0.0455. The molecular formula is C22H14F3N7. The second-order valence-electron chi connectivity index (χ2n) is 6.90. The molecule has 0 aliphatic carbocycles. The van der Waals surface area contributed by atoms with Gasteiger partial charge in [0.2, 0.25) is 0 Å². The van der Waals surface area contributed by atoms with Crippen molar-refractivity contribution in [2.45, 2.75) is 6.18 Å². The maximum absolute atomic E-state index is 13.0. The quantitative estimate of drug-likeness (QED) is 0.403. The van der Waals surface area contributed by atoms with Crippen LogP contribution in [0.15, 0.2) is 73.1 Å². The van der Waals surface area contributed by atoms with Gasteiger partial charge in [0, 0.05) is 23.6 Å². The summed E-state index contributed by atoms with van der Waals surface area (Å²) in [5, 5.41) is 11.4. The number of halogens is 3. The average molecular weight is 433 g/mol. The van der Waals surface area contributed by atoms with E-state index in [0.717, 1.165) is 17.8 Å². The van der Waals surface area contributed by atoms with Crippen LogP contribution in [0.5, 0.6) is 0 Å². The van der Waals surface area contributed by atoms with Crippen LogP contribution in [-0.4, -0.2) is 30.1 Å². The van der Waals surface area contributed by atoms with Crippen LogP contribution in [0.4, 0.5) is 24.7 Å². The molecule has 2 N–H and O–H groups in total. The average Bonchev–Trinajstić information content (AvgIpc) is 3.23. The number of nitrogens with one attached hydrogen (secondary N) is 2. The topological polar surface area (TPSA) is 92.3 Å². The van der Waals surface area contributed by atoms with Crippen LogP contribution >= 0.6 is 0 Å². The fourth-order valence-electron chi connectivity index (χ4n) is 3.16. The molecule has 0 spiro atoms. The number of aromatic nitrogens is 6. The van der Waals surface area contributed by atoms with Crippen LogP contribution in [0, 0.1) is 0 Å². The molecule has 0 saturated carbocycles. The first kappa shape index (κ1) is 19.6. The number of rotatable bonds is 4. The molecule has 0 atom stereocenters. The van der Waals surface area contributed by atoms with Crippen LogP contribution < -0.4 is 5.32 Å². The van der Waals surface area contributed by atoms with Crippen molar-refractivity contribution in [1.82, 2.24) is 30.1 Å². The molecule has 158 valence electrons. The molecule has 3 aromatic heterocycles. The summed E-state index contributed by atoms with van der Waals surface area (Å²) in [5.74, 6) is 1.46. The molecule has 32 heavy (non-hydrogen) atoms.